The summed E-state index contributed by atoms with van der Waals surface area (Å²) in [5.74, 6) is 1.80. The van der Waals surface area contributed by atoms with Gasteiger partial charge in [0.15, 0.2) is 11.5 Å². The molecule has 0 aliphatic rings. The second-order valence-electron chi connectivity index (χ2n) is 7.11. The largest absolute Gasteiger partial charge is 0.504 e. The van der Waals surface area contributed by atoms with Crippen LogP contribution in [0.1, 0.15) is 38.5 Å². The molecule has 0 saturated heterocycles. The Balaban J connectivity index is 1.58. The van der Waals surface area contributed by atoms with Crippen LogP contribution in [0, 0.1) is 0 Å². The molecule has 30 heavy (non-hydrogen) atoms. The topological polar surface area (TPSA) is 96.7 Å². The number of anilines is 2. The molecule has 1 heterocycles. The van der Waals surface area contributed by atoms with Crippen molar-refractivity contribution in [3.05, 3.63) is 42.7 Å². The maximum atomic E-state index is 10.1. The number of rotatable bonds is 12. The molecule has 3 N–H and O–H groups in total. The lowest BCUT2D eigenvalue weighted by Gasteiger charge is -2.12. The number of aliphatic hydroxyl groups excluding tert-OH is 1. The van der Waals surface area contributed by atoms with Crippen molar-refractivity contribution in [3.8, 4) is 17.2 Å². The van der Waals surface area contributed by atoms with Crippen molar-refractivity contribution in [2.45, 2.75) is 38.5 Å². The molecule has 0 unspecified atom stereocenters. The zero-order chi connectivity index (χ0) is 21.2. The zero-order valence-electron chi connectivity index (χ0n) is 17.3. The van der Waals surface area contributed by atoms with Crippen LogP contribution in [-0.2, 0) is 0 Å². The van der Waals surface area contributed by atoms with E-state index in [1.807, 2.05) is 24.3 Å². The Morgan fingerprint density at radius 2 is 1.77 bits per heavy atom. The molecule has 0 spiro atoms. The molecule has 0 aliphatic heterocycles. The average molecular weight is 412 g/mol. The highest BCUT2D eigenvalue weighted by atomic mass is 16.5. The van der Waals surface area contributed by atoms with Crippen molar-refractivity contribution >= 4 is 22.4 Å². The molecule has 0 atom stereocenters. The lowest BCUT2D eigenvalue weighted by Crippen LogP contribution is -1.99. The first kappa shape index (κ1) is 21.6. The first-order chi connectivity index (χ1) is 14.7. The summed E-state index contributed by atoms with van der Waals surface area (Å²) >= 11 is 0. The molecule has 2 aromatic carbocycles. The molecule has 7 nitrogen and oxygen atoms in total. The van der Waals surface area contributed by atoms with E-state index in [9.17, 15) is 5.11 Å². The van der Waals surface area contributed by atoms with Crippen LogP contribution < -0.4 is 14.8 Å². The number of nitrogens with zero attached hydrogens (tertiary/aromatic N) is 2. The number of hydrogen-bond donors (Lipinski definition) is 3. The highest BCUT2D eigenvalue weighted by Crippen LogP contribution is 2.33. The van der Waals surface area contributed by atoms with Crippen LogP contribution in [0.4, 0.5) is 11.5 Å². The summed E-state index contributed by atoms with van der Waals surface area (Å²) in [6, 6.07) is 11.0. The van der Waals surface area contributed by atoms with Crippen LogP contribution in [0.25, 0.3) is 10.9 Å². The minimum atomic E-state index is 0.0382. The van der Waals surface area contributed by atoms with E-state index in [2.05, 4.69) is 15.3 Å². The maximum absolute atomic E-state index is 10.1. The number of phenolic OH excluding ortho intramolecular Hbond substituents is 1. The molecule has 0 fully saturated rings. The predicted octanol–water partition coefficient (Wildman–Crippen LogP) is 4.80. The quantitative estimate of drug-likeness (QED) is 0.368. The third kappa shape index (κ3) is 5.97. The summed E-state index contributed by atoms with van der Waals surface area (Å²) in [7, 11) is 1.50. The fourth-order valence-electron chi connectivity index (χ4n) is 3.25. The van der Waals surface area contributed by atoms with Gasteiger partial charge in [0.25, 0.3) is 0 Å². The third-order valence-electron chi connectivity index (χ3n) is 4.85. The van der Waals surface area contributed by atoms with Gasteiger partial charge in [0.1, 0.15) is 17.9 Å². The molecule has 0 radical (unpaired) electrons. The molecular formula is C23H29N3O4. The summed E-state index contributed by atoms with van der Waals surface area (Å²) in [6.07, 6.45) is 7.93. The van der Waals surface area contributed by atoms with Gasteiger partial charge in [0.05, 0.1) is 19.2 Å². The Morgan fingerprint density at radius 1 is 0.967 bits per heavy atom. The number of phenols is 1. The van der Waals surface area contributed by atoms with Gasteiger partial charge in [0.2, 0.25) is 0 Å². The minimum Gasteiger partial charge on any atom is -0.504 e. The number of benzene rings is 2. The van der Waals surface area contributed by atoms with Crippen LogP contribution in [0.5, 0.6) is 17.2 Å². The highest BCUT2D eigenvalue weighted by Gasteiger charge is 2.10. The second-order valence-corrected chi connectivity index (χ2v) is 7.11. The number of hydrogen-bond acceptors (Lipinski definition) is 7. The van der Waals surface area contributed by atoms with Gasteiger partial charge in [-0.15, -0.1) is 0 Å². The van der Waals surface area contributed by atoms with Gasteiger partial charge < -0.3 is 25.0 Å². The Hall–Kier alpha value is -3.06. The first-order valence-electron chi connectivity index (χ1n) is 10.3. The van der Waals surface area contributed by atoms with E-state index < -0.39 is 0 Å². The third-order valence-corrected chi connectivity index (χ3v) is 4.85. The van der Waals surface area contributed by atoms with Crippen LogP contribution in [0.15, 0.2) is 42.7 Å². The smallest absolute Gasteiger partial charge is 0.162 e. The highest BCUT2D eigenvalue weighted by molar-refractivity contribution is 5.92. The molecule has 1 aromatic heterocycles. The van der Waals surface area contributed by atoms with E-state index in [1.54, 1.807) is 12.1 Å². The monoisotopic (exact) mass is 411 g/mol. The lowest BCUT2D eigenvalue weighted by atomic mass is 10.1. The van der Waals surface area contributed by atoms with Gasteiger partial charge in [-0.05, 0) is 31.0 Å². The fraction of sp³-hybridized carbons (Fsp3) is 0.391. The van der Waals surface area contributed by atoms with Crippen molar-refractivity contribution in [2.24, 2.45) is 0 Å². The zero-order valence-corrected chi connectivity index (χ0v) is 17.3. The van der Waals surface area contributed by atoms with Gasteiger partial charge in [-0.2, -0.15) is 0 Å². The Bertz CT molecular complexity index is 949. The van der Waals surface area contributed by atoms with Crippen molar-refractivity contribution < 1.29 is 19.7 Å². The van der Waals surface area contributed by atoms with Crippen molar-refractivity contribution in [1.82, 2.24) is 9.97 Å². The predicted molar refractivity (Wildman–Crippen MR) is 118 cm³/mol. The van der Waals surface area contributed by atoms with E-state index in [0.29, 0.717) is 29.1 Å². The van der Waals surface area contributed by atoms with Crippen LogP contribution in [-0.4, -0.2) is 40.5 Å². The number of nitrogens with one attached hydrogen (secondary N) is 1. The Labute approximate surface area is 176 Å². The molecule has 0 bridgehead atoms. The summed E-state index contributed by atoms with van der Waals surface area (Å²) in [6.45, 7) is 0.960. The van der Waals surface area contributed by atoms with Gasteiger partial charge in [-0.25, -0.2) is 9.97 Å². The van der Waals surface area contributed by atoms with Gasteiger partial charge >= 0.3 is 0 Å². The minimum absolute atomic E-state index is 0.0382. The second kappa shape index (κ2) is 11.2. The van der Waals surface area contributed by atoms with Crippen LogP contribution in [0.3, 0.4) is 0 Å². The van der Waals surface area contributed by atoms with E-state index in [4.69, 9.17) is 14.6 Å². The number of aromatic hydroxyl groups is 1. The SMILES string of the molecule is COc1cc2ncnc(Nc3cccc(OCCCCCCCCO)c3)c2cc1O. The molecule has 160 valence electrons. The van der Waals surface area contributed by atoms with Crippen LogP contribution >= 0.6 is 0 Å². The Morgan fingerprint density at radius 3 is 2.57 bits per heavy atom. The number of ether oxygens (including phenoxy) is 2. The maximum Gasteiger partial charge on any atom is 0.162 e. The molecule has 3 aromatic rings. The standard InChI is InChI=1S/C23H29N3O4/c1-29-22-15-20-19(14-21(22)28)23(25-16-24-20)26-17-9-8-10-18(13-17)30-12-7-5-3-2-4-6-11-27/h8-10,13-16,27-28H,2-7,11-12H2,1H3,(H,24,25,26). The molecular weight excluding hydrogens is 382 g/mol. The molecule has 0 saturated carbocycles. The summed E-state index contributed by atoms with van der Waals surface area (Å²) in [5.41, 5.74) is 1.51. The van der Waals surface area contributed by atoms with E-state index in [0.717, 1.165) is 43.5 Å². The number of aliphatic hydroxyl groups is 1. The fourth-order valence-corrected chi connectivity index (χ4v) is 3.25. The summed E-state index contributed by atoms with van der Waals surface area (Å²) < 4.78 is 11.0. The first-order valence-corrected chi connectivity index (χ1v) is 10.3. The Kier molecular flexibility index (Phi) is 8.09. The van der Waals surface area contributed by atoms with Gasteiger partial charge in [-0.1, -0.05) is 31.7 Å². The average Bonchev–Trinajstić information content (AvgIpc) is 2.76. The number of unbranched alkanes of at least 4 members (excludes halogenated alkanes) is 5. The van der Waals surface area contributed by atoms with Gasteiger partial charge in [0, 0.05) is 29.8 Å². The molecule has 0 amide bonds. The summed E-state index contributed by atoms with van der Waals surface area (Å²) in [5, 5.41) is 22.9. The summed E-state index contributed by atoms with van der Waals surface area (Å²) in [4.78, 5) is 8.57. The van der Waals surface area contributed by atoms with Crippen molar-refractivity contribution in [2.75, 3.05) is 25.6 Å². The molecule has 3 rings (SSSR count). The van der Waals surface area contributed by atoms with E-state index >= 15 is 0 Å². The van der Waals surface area contributed by atoms with Gasteiger partial charge in [-0.3, -0.25) is 0 Å². The number of methoxy groups -OCH3 is 1. The lowest BCUT2D eigenvalue weighted by molar-refractivity contribution is 0.280. The number of fused-ring (bicyclic) bond motifs is 1. The van der Waals surface area contributed by atoms with E-state index in [-0.39, 0.29) is 12.4 Å². The van der Waals surface area contributed by atoms with E-state index in [1.165, 1.54) is 19.9 Å². The van der Waals surface area contributed by atoms with Crippen molar-refractivity contribution in [1.29, 1.82) is 0 Å². The molecule has 0 aliphatic carbocycles. The number of aromatic nitrogens is 2. The van der Waals surface area contributed by atoms with Crippen molar-refractivity contribution in [3.63, 3.8) is 0 Å². The normalized spacial score (nSPS) is 10.9. The van der Waals surface area contributed by atoms with Crippen LogP contribution in [0.2, 0.25) is 0 Å². The molecule has 7 heteroatoms.